The van der Waals surface area contributed by atoms with E-state index in [0.29, 0.717) is 10.3 Å². The number of halogens is 3. The van der Waals surface area contributed by atoms with Crippen molar-refractivity contribution < 1.29 is 13.2 Å². The molecule has 0 fully saturated rings. The van der Waals surface area contributed by atoms with E-state index in [1.54, 1.807) is 12.3 Å². The fourth-order valence-corrected chi connectivity index (χ4v) is 4.18. The van der Waals surface area contributed by atoms with E-state index in [1.165, 1.54) is 25.3 Å². The van der Waals surface area contributed by atoms with Crippen molar-refractivity contribution in [2.45, 2.75) is 11.8 Å². The van der Waals surface area contributed by atoms with Crippen molar-refractivity contribution in [2.75, 3.05) is 18.1 Å². The van der Waals surface area contributed by atoms with Gasteiger partial charge in [0.15, 0.2) is 0 Å². The first-order valence-corrected chi connectivity index (χ1v) is 9.35. The van der Waals surface area contributed by atoms with Gasteiger partial charge in [-0.3, -0.25) is 0 Å². The van der Waals surface area contributed by atoms with Crippen LogP contribution in [0.3, 0.4) is 0 Å². The van der Waals surface area contributed by atoms with E-state index in [9.17, 15) is 8.42 Å². The van der Waals surface area contributed by atoms with Gasteiger partial charge in [0.05, 0.1) is 20.6 Å². The summed E-state index contributed by atoms with van der Waals surface area (Å²) in [5.74, 6) is 0. The molecular formula is C14H13BrCl2N2O3S. The Hall–Kier alpha value is -0.860. The number of nitrogens with zero attached hydrogens (tertiary/aromatic N) is 2. The van der Waals surface area contributed by atoms with Crippen molar-refractivity contribution in [1.29, 1.82) is 0 Å². The largest absolute Gasteiger partial charge is 0.363 e. The Morgan fingerprint density at radius 3 is 2.57 bits per heavy atom. The Bertz CT molecular complexity index is 831. The van der Waals surface area contributed by atoms with Crippen LogP contribution in [0.25, 0.3) is 0 Å². The van der Waals surface area contributed by atoms with Crippen LogP contribution >= 0.6 is 39.1 Å². The molecule has 124 valence electrons. The lowest BCUT2D eigenvalue weighted by atomic mass is 10.3. The average molecular weight is 440 g/mol. The zero-order valence-electron chi connectivity index (χ0n) is 12.3. The third kappa shape index (κ3) is 3.97. The quantitative estimate of drug-likeness (QED) is 0.515. The van der Waals surface area contributed by atoms with Crippen LogP contribution in [0.1, 0.15) is 5.56 Å². The maximum Gasteiger partial charge on any atom is 0.266 e. The first-order chi connectivity index (χ1) is 10.8. The monoisotopic (exact) mass is 438 g/mol. The fourth-order valence-electron chi connectivity index (χ4n) is 1.86. The van der Waals surface area contributed by atoms with Crippen molar-refractivity contribution >= 4 is 54.8 Å². The van der Waals surface area contributed by atoms with Crippen molar-refractivity contribution in [3.8, 4) is 0 Å². The Labute approximate surface area is 153 Å². The van der Waals surface area contributed by atoms with Crippen LogP contribution < -0.4 is 4.31 Å². The smallest absolute Gasteiger partial charge is 0.266 e. The average Bonchev–Trinajstić information content (AvgIpc) is 2.50. The summed E-state index contributed by atoms with van der Waals surface area (Å²) in [6.07, 6.45) is 1.63. The maximum atomic E-state index is 12.9. The van der Waals surface area contributed by atoms with Crippen LogP contribution in [0.5, 0.6) is 0 Å². The molecule has 0 amide bonds. The molecule has 5 nitrogen and oxygen atoms in total. The highest BCUT2D eigenvalue weighted by Crippen LogP contribution is 2.32. The third-order valence-corrected chi connectivity index (χ3v) is 6.03. The Kier molecular flexibility index (Phi) is 5.91. The zero-order valence-corrected chi connectivity index (χ0v) is 16.2. The fraction of sp³-hybridized carbons (Fsp3) is 0.214. The molecule has 0 saturated carbocycles. The minimum Gasteiger partial charge on any atom is -0.363 e. The summed E-state index contributed by atoms with van der Waals surface area (Å²) in [5.41, 5.74) is 1.19. The van der Waals surface area contributed by atoms with Crippen molar-refractivity contribution in [2.24, 2.45) is 0 Å². The Balaban J connectivity index is 2.59. The summed E-state index contributed by atoms with van der Waals surface area (Å²) in [6, 6.07) is 5.83. The second-order valence-electron chi connectivity index (χ2n) is 4.67. The third-order valence-electron chi connectivity index (χ3n) is 2.95. The van der Waals surface area contributed by atoms with E-state index in [1.807, 2.05) is 6.92 Å². The molecule has 1 heterocycles. The van der Waals surface area contributed by atoms with Crippen LogP contribution in [0.15, 0.2) is 40.0 Å². The summed E-state index contributed by atoms with van der Waals surface area (Å²) in [7, 11) is -2.49. The van der Waals surface area contributed by atoms with Gasteiger partial charge in [0, 0.05) is 13.3 Å². The second kappa shape index (κ2) is 7.36. The number of aryl methyl sites for hydroxylation is 1. The van der Waals surface area contributed by atoms with Crippen LogP contribution in [0.4, 0.5) is 5.69 Å². The van der Waals surface area contributed by atoms with Gasteiger partial charge in [0.2, 0.25) is 0 Å². The minimum absolute atomic E-state index is 0.0114. The standard InChI is InChI=1S/C14H13BrCl2N2O3S/c1-9-5-13(14(15)18-7-9)19(8-22-2)23(20,21)10-3-4-11(16)12(17)6-10/h3-7H,8H2,1-2H3. The van der Waals surface area contributed by atoms with Gasteiger partial charge >= 0.3 is 0 Å². The summed E-state index contributed by atoms with van der Waals surface area (Å²) >= 11 is 15.1. The minimum atomic E-state index is -3.90. The molecule has 0 radical (unpaired) electrons. The van der Waals surface area contributed by atoms with E-state index in [4.69, 9.17) is 27.9 Å². The molecule has 1 aromatic heterocycles. The number of rotatable bonds is 5. The number of sulfonamides is 1. The number of ether oxygens (including phenoxy) is 1. The van der Waals surface area contributed by atoms with Crippen LogP contribution in [0, 0.1) is 6.92 Å². The first kappa shape index (κ1) is 18.5. The number of methoxy groups -OCH3 is 1. The molecule has 0 atom stereocenters. The molecule has 0 bridgehead atoms. The first-order valence-electron chi connectivity index (χ1n) is 6.36. The number of aromatic nitrogens is 1. The highest BCUT2D eigenvalue weighted by molar-refractivity contribution is 9.10. The predicted octanol–water partition coefficient (Wildman–Crippen LogP) is 4.26. The summed E-state index contributed by atoms with van der Waals surface area (Å²) in [5, 5.41) is 0.439. The summed E-state index contributed by atoms with van der Waals surface area (Å²) in [6.45, 7) is 1.64. The highest BCUT2D eigenvalue weighted by Gasteiger charge is 2.27. The molecule has 0 N–H and O–H groups in total. The molecule has 2 aromatic rings. The SMILES string of the molecule is COCN(c1cc(C)cnc1Br)S(=O)(=O)c1ccc(Cl)c(Cl)c1. The molecular weight excluding hydrogens is 427 g/mol. The second-order valence-corrected chi connectivity index (χ2v) is 8.10. The van der Waals surface area contributed by atoms with Gasteiger partial charge in [-0.15, -0.1) is 0 Å². The van der Waals surface area contributed by atoms with Crippen molar-refractivity contribution in [1.82, 2.24) is 4.98 Å². The van der Waals surface area contributed by atoms with Gasteiger partial charge in [-0.25, -0.2) is 17.7 Å². The lowest BCUT2D eigenvalue weighted by Crippen LogP contribution is -2.33. The van der Waals surface area contributed by atoms with E-state index >= 15 is 0 Å². The molecule has 0 saturated heterocycles. The Morgan fingerprint density at radius 2 is 1.96 bits per heavy atom. The van der Waals surface area contributed by atoms with Crippen LogP contribution in [-0.2, 0) is 14.8 Å². The highest BCUT2D eigenvalue weighted by atomic mass is 79.9. The Morgan fingerprint density at radius 1 is 1.26 bits per heavy atom. The van der Waals surface area contributed by atoms with Crippen LogP contribution in [0.2, 0.25) is 10.0 Å². The topological polar surface area (TPSA) is 59.5 Å². The predicted molar refractivity (Wildman–Crippen MR) is 94.7 cm³/mol. The van der Waals surface area contributed by atoms with Gasteiger partial charge in [-0.1, -0.05) is 23.2 Å². The van der Waals surface area contributed by atoms with Crippen molar-refractivity contribution in [3.63, 3.8) is 0 Å². The molecule has 0 unspecified atom stereocenters. The summed E-state index contributed by atoms with van der Waals surface area (Å²) < 4.78 is 32.4. The normalized spacial score (nSPS) is 11.5. The van der Waals surface area contributed by atoms with Gasteiger partial charge in [0.1, 0.15) is 11.3 Å². The molecule has 0 aliphatic carbocycles. The molecule has 0 aliphatic heterocycles. The number of benzene rings is 1. The zero-order chi connectivity index (χ0) is 17.2. The lowest BCUT2D eigenvalue weighted by molar-refractivity contribution is 0.209. The number of pyridine rings is 1. The number of hydrogen-bond acceptors (Lipinski definition) is 4. The molecule has 1 aromatic carbocycles. The number of hydrogen-bond donors (Lipinski definition) is 0. The van der Waals surface area contributed by atoms with Crippen LogP contribution in [-0.4, -0.2) is 27.2 Å². The molecule has 2 rings (SSSR count). The molecule has 0 aliphatic rings. The van der Waals surface area contributed by atoms with E-state index in [0.717, 1.165) is 9.87 Å². The summed E-state index contributed by atoms with van der Waals surface area (Å²) in [4.78, 5) is 4.14. The van der Waals surface area contributed by atoms with Gasteiger partial charge < -0.3 is 4.74 Å². The van der Waals surface area contributed by atoms with E-state index in [2.05, 4.69) is 20.9 Å². The van der Waals surface area contributed by atoms with Gasteiger partial charge in [-0.05, 0) is 52.7 Å². The van der Waals surface area contributed by atoms with Crippen molar-refractivity contribution in [3.05, 3.63) is 50.7 Å². The number of anilines is 1. The van der Waals surface area contributed by atoms with E-state index < -0.39 is 10.0 Å². The lowest BCUT2D eigenvalue weighted by Gasteiger charge is -2.24. The van der Waals surface area contributed by atoms with E-state index in [-0.39, 0.29) is 21.7 Å². The molecule has 0 spiro atoms. The molecule has 9 heteroatoms. The molecule has 23 heavy (non-hydrogen) atoms. The maximum absolute atomic E-state index is 12.9. The van der Waals surface area contributed by atoms with Gasteiger partial charge in [0.25, 0.3) is 10.0 Å². The van der Waals surface area contributed by atoms with Gasteiger partial charge in [-0.2, -0.15) is 0 Å².